The Balaban J connectivity index is 0. The van der Waals surface area contributed by atoms with Crippen LogP contribution in [0, 0.1) is 0 Å². The van der Waals surface area contributed by atoms with Gasteiger partial charge in [-0.2, -0.15) is 0 Å². The van der Waals surface area contributed by atoms with Crippen LogP contribution in [0.1, 0.15) is 13.3 Å². The van der Waals surface area contributed by atoms with E-state index in [1.165, 1.54) is 6.16 Å². The third-order valence-electron chi connectivity index (χ3n) is 0.987. The van der Waals surface area contributed by atoms with E-state index in [9.17, 15) is 0 Å². The molecule has 0 aromatic rings. The van der Waals surface area contributed by atoms with Crippen molar-refractivity contribution in [2.75, 3.05) is 32.8 Å². The Morgan fingerprint density at radius 1 is 1.42 bits per heavy atom. The molecule has 0 heterocycles. The van der Waals surface area contributed by atoms with Crippen LogP contribution in [0.4, 0.5) is 0 Å². The third kappa shape index (κ3) is 32.8. The van der Waals surface area contributed by atoms with Crippen LogP contribution in [0.2, 0.25) is 0 Å². The van der Waals surface area contributed by atoms with E-state index < -0.39 is 13.2 Å². The van der Waals surface area contributed by atoms with E-state index in [4.69, 9.17) is 15.0 Å². The molecular formula is C8H19O3P. The molecule has 0 aliphatic rings. The molecule has 74 valence electrons. The summed E-state index contributed by atoms with van der Waals surface area (Å²) in [5.74, 6) is -1.08. The van der Waals surface area contributed by atoms with Gasteiger partial charge in [0.25, 0.3) is 0 Å². The summed E-state index contributed by atoms with van der Waals surface area (Å²) < 4.78 is 0. The Hall–Kier alpha value is -0.140. The molecular weight excluding hydrogens is 175 g/mol. The van der Waals surface area contributed by atoms with Gasteiger partial charge in [0.05, 0.1) is 6.16 Å². The minimum Gasteiger partial charge on any atom is -0.550 e. The van der Waals surface area contributed by atoms with Gasteiger partial charge < -0.3 is 15.0 Å². The first-order chi connectivity index (χ1) is 5.29. The number of carbonyl (C=O) groups is 1. The molecule has 0 aliphatic heterocycles. The molecule has 0 spiro atoms. The lowest BCUT2D eigenvalue weighted by Gasteiger charge is -2.09. The van der Waals surface area contributed by atoms with Gasteiger partial charge in [-0.25, -0.2) is 0 Å². The number of carbonyl (C=O) groups excluding carboxylic acids is 1. The lowest BCUT2D eigenvalue weighted by Crippen LogP contribution is -2.16. The van der Waals surface area contributed by atoms with E-state index in [0.29, 0.717) is 6.61 Å². The Kier molecular flexibility index (Phi) is 9.00. The standard InChI is InChI=1S/C6H16OP.C2H4O2/c1-8(2,3)6-4-5-7;1-2(3)4/h7H,4-6H2,1-3H3;1H3,(H,3,4)/q+1;/p-1. The smallest absolute Gasteiger partial charge is 0.0608 e. The molecule has 0 aromatic carbocycles. The van der Waals surface area contributed by atoms with Gasteiger partial charge in [-0.3, -0.25) is 0 Å². The first-order valence-corrected chi connectivity index (χ1v) is 7.20. The highest BCUT2D eigenvalue weighted by molar-refractivity contribution is 7.73. The summed E-state index contributed by atoms with van der Waals surface area (Å²) >= 11 is 0. The van der Waals surface area contributed by atoms with E-state index in [1.807, 2.05) is 0 Å². The number of rotatable bonds is 3. The molecule has 0 bridgehead atoms. The van der Waals surface area contributed by atoms with Crippen molar-refractivity contribution in [3.8, 4) is 0 Å². The molecule has 0 fully saturated rings. The third-order valence-corrected chi connectivity index (χ3v) is 2.64. The fourth-order valence-electron chi connectivity index (χ4n) is 0.545. The van der Waals surface area contributed by atoms with E-state index in [2.05, 4.69) is 20.0 Å². The first kappa shape index (κ1) is 14.4. The number of carboxylic acid groups (broad SMARTS) is 1. The van der Waals surface area contributed by atoms with Crippen LogP contribution >= 0.6 is 7.26 Å². The molecule has 0 amide bonds. The van der Waals surface area contributed by atoms with Crippen LogP contribution < -0.4 is 5.11 Å². The average Bonchev–Trinajstić information content (AvgIpc) is 1.80. The van der Waals surface area contributed by atoms with Gasteiger partial charge in [-0.15, -0.1) is 0 Å². The minimum absolute atomic E-state index is 0.358. The first-order valence-electron chi connectivity index (χ1n) is 3.88. The lowest BCUT2D eigenvalue weighted by atomic mass is 10.5. The predicted molar refractivity (Wildman–Crippen MR) is 51.9 cm³/mol. The monoisotopic (exact) mass is 194 g/mol. The largest absolute Gasteiger partial charge is 0.550 e. The fraction of sp³-hybridized carbons (Fsp3) is 0.875. The molecule has 12 heavy (non-hydrogen) atoms. The van der Waals surface area contributed by atoms with Crippen LogP contribution in [0.3, 0.4) is 0 Å². The van der Waals surface area contributed by atoms with Crippen molar-refractivity contribution in [2.45, 2.75) is 13.3 Å². The van der Waals surface area contributed by atoms with Crippen LogP contribution in [0.5, 0.6) is 0 Å². The number of carboxylic acids is 1. The Labute approximate surface area is 75.1 Å². The van der Waals surface area contributed by atoms with Crippen LogP contribution in [0.25, 0.3) is 0 Å². The SMILES string of the molecule is CC(=O)[O-].C[P+](C)(C)CCCO. The van der Waals surface area contributed by atoms with Gasteiger partial charge >= 0.3 is 0 Å². The highest BCUT2D eigenvalue weighted by Crippen LogP contribution is 2.46. The molecule has 0 aromatic heterocycles. The molecule has 0 rings (SSSR count). The topological polar surface area (TPSA) is 60.4 Å². The Morgan fingerprint density at radius 2 is 1.75 bits per heavy atom. The molecule has 4 heteroatoms. The van der Waals surface area contributed by atoms with Crippen LogP contribution in [-0.4, -0.2) is 43.8 Å². The van der Waals surface area contributed by atoms with Gasteiger partial charge in [-0.05, 0) is 6.92 Å². The van der Waals surface area contributed by atoms with Gasteiger partial charge in [0.15, 0.2) is 0 Å². The van der Waals surface area contributed by atoms with Crippen molar-refractivity contribution >= 4 is 13.2 Å². The minimum atomic E-state index is -1.08. The van der Waals surface area contributed by atoms with Crippen molar-refractivity contribution in [3.05, 3.63) is 0 Å². The number of hydrogen-bond acceptors (Lipinski definition) is 3. The number of aliphatic carboxylic acids is 1. The quantitative estimate of drug-likeness (QED) is 0.645. The molecule has 0 atom stereocenters. The van der Waals surface area contributed by atoms with Crippen molar-refractivity contribution in [3.63, 3.8) is 0 Å². The summed E-state index contributed by atoms with van der Waals surface area (Å²) in [5.41, 5.74) is 0. The summed E-state index contributed by atoms with van der Waals surface area (Å²) in [6, 6.07) is 0. The van der Waals surface area contributed by atoms with Crippen molar-refractivity contribution in [1.82, 2.24) is 0 Å². The number of aliphatic hydroxyl groups is 1. The Bertz CT molecular complexity index is 114. The molecule has 1 N–H and O–H groups in total. The van der Waals surface area contributed by atoms with Gasteiger partial charge in [-0.1, -0.05) is 0 Å². The van der Waals surface area contributed by atoms with Crippen LogP contribution in [-0.2, 0) is 4.79 Å². The maximum Gasteiger partial charge on any atom is 0.0608 e. The zero-order valence-electron chi connectivity index (χ0n) is 8.33. The van der Waals surface area contributed by atoms with Crippen LogP contribution in [0.15, 0.2) is 0 Å². The normalized spacial score (nSPS) is 10.1. The van der Waals surface area contributed by atoms with E-state index in [-0.39, 0.29) is 0 Å². The van der Waals surface area contributed by atoms with E-state index in [0.717, 1.165) is 13.3 Å². The van der Waals surface area contributed by atoms with Gasteiger partial charge in [0.1, 0.15) is 0 Å². The summed E-state index contributed by atoms with van der Waals surface area (Å²) in [5, 5.41) is 17.3. The molecule has 0 aliphatic carbocycles. The van der Waals surface area contributed by atoms with E-state index >= 15 is 0 Å². The average molecular weight is 194 g/mol. The molecule has 0 radical (unpaired) electrons. The van der Waals surface area contributed by atoms with Gasteiger partial charge in [0.2, 0.25) is 0 Å². The highest BCUT2D eigenvalue weighted by atomic mass is 31.2. The predicted octanol–water partition coefficient (Wildman–Crippen LogP) is 0.0320. The second-order valence-electron chi connectivity index (χ2n) is 3.58. The summed E-state index contributed by atoms with van der Waals surface area (Å²) in [7, 11) is -0.592. The molecule has 0 unspecified atom stereocenters. The van der Waals surface area contributed by atoms with Gasteiger partial charge in [0, 0.05) is 46.3 Å². The Morgan fingerprint density at radius 3 is 1.83 bits per heavy atom. The molecule has 0 saturated carbocycles. The molecule has 0 saturated heterocycles. The van der Waals surface area contributed by atoms with E-state index in [1.54, 1.807) is 0 Å². The summed E-state index contributed by atoms with van der Waals surface area (Å²) in [4.78, 5) is 8.89. The molecule has 3 nitrogen and oxygen atoms in total. The lowest BCUT2D eigenvalue weighted by molar-refractivity contribution is -0.302. The second kappa shape index (κ2) is 7.51. The maximum absolute atomic E-state index is 8.89. The van der Waals surface area contributed by atoms with Crippen molar-refractivity contribution in [1.29, 1.82) is 0 Å². The number of hydrogen-bond donors (Lipinski definition) is 1. The summed E-state index contributed by atoms with van der Waals surface area (Å²) in [6.07, 6.45) is 2.21. The zero-order valence-corrected chi connectivity index (χ0v) is 9.23. The fourth-order valence-corrected chi connectivity index (χ4v) is 1.64. The van der Waals surface area contributed by atoms with Crippen molar-refractivity contribution in [2.24, 2.45) is 0 Å². The number of aliphatic hydroxyl groups excluding tert-OH is 1. The van der Waals surface area contributed by atoms with Crippen molar-refractivity contribution < 1.29 is 15.0 Å². The zero-order chi connectivity index (χ0) is 10.2. The second-order valence-corrected chi connectivity index (χ2v) is 8.61. The highest BCUT2D eigenvalue weighted by Gasteiger charge is 2.14. The summed E-state index contributed by atoms with van der Waals surface area (Å²) in [6.45, 7) is 8.21. The maximum atomic E-state index is 8.89.